The van der Waals surface area contributed by atoms with Gasteiger partial charge in [-0.1, -0.05) is 29.8 Å². The number of aliphatic hydroxyl groups excluding tert-OH is 1. The largest absolute Gasteiger partial charge is 0.479 e. The van der Waals surface area contributed by atoms with Gasteiger partial charge in [0, 0.05) is 10.6 Å². The quantitative estimate of drug-likeness (QED) is 0.559. The number of aliphatic hydroxyl groups is 1. The van der Waals surface area contributed by atoms with Crippen LogP contribution in [-0.2, 0) is 16.0 Å². The number of rotatable bonds is 7. The van der Waals surface area contributed by atoms with Gasteiger partial charge in [-0.25, -0.2) is 9.80 Å². The molecule has 2 aromatic rings. The topological polar surface area (TPSA) is 119 Å². The zero-order chi connectivity index (χ0) is 24.3. The number of anilines is 1. The van der Waals surface area contributed by atoms with E-state index < -0.39 is 48.2 Å². The van der Waals surface area contributed by atoms with Crippen LogP contribution in [0, 0.1) is 0 Å². The zero-order valence-electron chi connectivity index (χ0n) is 16.7. The summed E-state index contributed by atoms with van der Waals surface area (Å²) >= 11 is 6.08. The highest BCUT2D eigenvalue weighted by molar-refractivity contribution is 6.31. The number of carbonyl (C=O) groups excluding carboxylic acids is 2. The monoisotopic (exact) mass is 483 g/mol. The summed E-state index contributed by atoms with van der Waals surface area (Å²) in [6.45, 7) is 0. The van der Waals surface area contributed by atoms with E-state index in [-0.39, 0.29) is 17.7 Å². The van der Waals surface area contributed by atoms with Crippen molar-refractivity contribution in [2.75, 3.05) is 5.01 Å². The second-order valence-electron chi connectivity index (χ2n) is 7.13. The Kier molecular flexibility index (Phi) is 7.04. The number of hydrogen-bond donors (Lipinski definition) is 3. The summed E-state index contributed by atoms with van der Waals surface area (Å²) in [7, 11) is 0. The highest BCUT2D eigenvalue weighted by Crippen LogP contribution is 2.28. The van der Waals surface area contributed by atoms with Gasteiger partial charge in [0.25, 0.3) is 11.8 Å². The summed E-state index contributed by atoms with van der Waals surface area (Å²) < 4.78 is 38.4. The van der Waals surface area contributed by atoms with Gasteiger partial charge >= 0.3 is 12.1 Å². The number of carbonyl (C=O) groups is 3. The number of benzene rings is 2. The maximum absolute atomic E-state index is 12.8. The number of alkyl halides is 3. The Hall–Kier alpha value is -3.44. The van der Waals surface area contributed by atoms with Gasteiger partial charge in [-0.15, -0.1) is 0 Å². The number of aliphatic carboxylic acids is 1. The summed E-state index contributed by atoms with van der Waals surface area (Å²) in [6, 6.07) is 10.2. The lowest BCUT2D eigenvalue weighted by Gasteiger charge is -2.22. The van der Waals surface area contributed by atoms with Crippen LogP contribution < -0.4 is 10.3 Å². The molecule has 0 aliphatic carbocycles. The first-order chi connectivity index (χ1) is 15.5. The van der Waals surface area contributed by atoms with Crippen LogP contribution in [0.2, 0.25) is 5.02 Å². The van der Waals surface area contributed by atoms with Gasteiger partial charge in [0.05, 0.1) is 18.2 Å². The summed E-state index contributed by atoms with van der Waals surface area (Å²) in [5, 5.41) is 25.9. The lowest BCUT2D eigenvalue weighted by atomic mass is 10.0. The molecule has 2 unspecified atom stereocenters. The number of carboxylic acid groups (broad SMARTS) is 1. The smallest absolute Gasteiger partial charge is 0.431 e. The van der Waals surface area contributed by atoms with E-state index in [0.717, 1.165) is 0 Å². The molecule has 174 valence electrons. The Balaban J connectivity index is 1.76. The highest BCUT2D eigenvalue weighted by atomic mass is 35.5. The van der Waals surface area contributed by atoms with Crippen LogP contribution in [0.5, 0.6) is 0 Å². The van der Waals surface area contributed by atoms with Crippen LogP contribution in [0.4, 0.5) is 18.9 Å². The highest BCUT2D eigenvalue weighted by Gasteiger charge is 2.42. The first-order valence-electron chi connectivity index (χ1n) is 9.50. The summed E-state index contributed by atoms with van der Waals surface area (Å²) in [5.41, 5.74) is -0.675. The Labute approximate surface area is 190 Å². The number of amides is 2. The van der Waals surface area contributed by atoms with Crippen molar-refractivity contribution < 1.29 is 37.8 Å². The predicted molar refractivity (Wildman–Crippen MR) is 112 cm³/mol. The third-order valence-corrected chi connectivity index (χ3v) is 5.19. The molecule has 2 amide bonds. The van der Waals surface area contributed by atoms with Crippen molar-refractivity contribution in [3.05, 3.63) is 64.7 Å². The van der Waals surface area contributed by atoms with Gasteiger partial charge in [-0.05, 0) is 42.3 Å². The maximum Gasteiger partial charge on any atom is 0.431 e. The summed E-state index contributed by atoms with van der Waals surface area (Å²) in [5.74, 6) is -3.16. The van der Waals surface area contributed by atoms with Gasteiger partial charge in [-0.3, -0.25) is 9.59 Å². The molecule has 3 N–H and O–H groups in total. The second kappa shape index (κ2) is 9.59. The Morgan fingerprint density at radius 1 is 1.15 bits per heavy atom. The van der Waals surface area contributed by atoms with Crippen LogP contribution in [0.25, 0.3) is 0 Å². The fourth-order valence-electron chi connectivity index (χ4n) is 3.11. The van der Waals surface area contributed by atoms with Crippen molar-refractivity contribution in [3.8, 4) is 0 Å². The lowest BCUT2D eigenvalue weighted by molar-refractivity contribution is -0.148. The molecule has 3 rings (SSSR count). The average Bonchev–Trinajstić information content (AvgIpc) is 3.16. The van der Waals surface area contributed by atoms with Gasteiger partial charge in [-0.2, -0.15) is 18.3 Å². The maximum atomic E-state index is 12.8. The average molecular weight is 484 g/mol. The van der Waals surface area contributed by atoms with Crippen molar-refractivity contribution in [1.82, 2.24) is 5.32 Å². The van der Waals surface area contributed by atoms with E-state index in [4.69, 9.17) is 11.6 Å². The Morgan fingerprint density at radius 3 is 2.33 bits per heavy atom. The van der Waals surface area contributed by atoms with E-state index >= 15 is 0 Å². The minimum absolute atomic E-state index is 0.0205. The first-order valence-corrected chi connectivity index (χ1v) is 9.88. The van der Waals surface area contributed by atoms with Crippen LogP contribution in [-0.4, -0.2) is 52.0 Å². The minimum atomic E-state index is -4.73. The number of nitrogens with one attached hydrogen (secondary N) is 1. The SMILES string of the molecule is O=C(NC(Cc1ccccc1Cl)C(O)C(=O)O)c1ccc(N2N=C(C(F)(F)F)CC2=O)cc1. The minimum Gasteiger partial charge on any atom is -0.479 e. The number of hydrogen-bond acceptors (Lipinski definition) is 5. The molecule has 0 saturated heterocycles. The van der Waals surface area contributed by atoms with Crippen LogP contribution in [0.15, 0.2) is 53.6 Å². The number of nitrogens with zero attached hydrogens (tertiary/aromatic N) is 2. The molecule has 0 spiro atoms. The van der Waals surface area contributed by atoms with Crippen LogP contribution in [0.3, 0.4) is 0 Å². The van der Waals surface area contributed by atoms with Gasteiger partial charge in [0.2, 0.25) is 0 Å². The molecule has 0 fully saturated rings. The lowest BCUT2D eigenvalue weighted by Crippen LogP contribution is -2.48. The molecule has 0 radical (unpaired) electrons. The van der Waals surface area contributed by atoms with Gasteiger partial charge in [0.15, 0.2) is 11.8 Å². The molecule has 0 bridgehead atoms. The van der Waals surface area contributed by atoms with E-state index in [1.165, 1.54) is 24.3 Å². The molecule has 0 saturated carbocycles. The van der Waals surface area contributed by atoms with Gasteiger partial charge in [0.1, 0.15) is 0 Å². The van der Waals surface area contributed by atoms with Crippen LogP contribution in [0.1, 0.15) is 22.3 Å². The number of hydrazone groups is 1. The molecular formula is C21H17ClF3N3O5. The molecule has 1 aliphatic heterocycles. The molecular weight excluding hydrogens is 467 g/mol. The predicted octanol–water partition coefficient (Wildman–Crippen LogP) is 2.78. The Bertz CT molecular complexity index is 1110. The zero-order valence-corrected chi connectivity index (χ0v) is 17.5. The third-order valence-electron chi connectivity index (χ3n) is 4.83. The van der Waals surface area contributed by atoms with Crippen molar-refractivity contribution in [3.63, 3.8) is 0 Å². The molecule has 8 nitrogen and oxygen atoms in total. The van der Waals surface area contributed by atoms with Crippen molar-refractivity contribution in [2.45, 2.75) is 31.2 Å². The fourth-order valence-corrected chi connectivity index (χ4v) is 3.32. The van der Waals surface area contributed by atoms with E-state index in [1.807, 2.05) is 0 Å². The molecule has 0 aromatic heterocycles. The molecule has 2 aromatic carbocycles. The number of halogens is 4. The fraction of sp³-hybridized carbons (Fsp3) is 0.238. The molecule has 33 heavy (non-hydrogen) atoms. The van der Waals surface area contributed by atoms with Crippen molar-refractivity contribution >= 4 is 40.8 Å². The Morgan fingerprint density at radius 2 is 1.79 bits per heavy atom. The van der Waals surface area contributed by atoms with Crippen molar-refractivity contribution in [2.24, 2.45) is 5.10 Å². The van der Waals surface area contributed by atoms with E-state index in [1.54, 1.807) is 24.3 Å². The van der Waals surface area contributed by atoms with E-state index in [0.29, 0.717) is 15.6 Å². The van der Waals surface area contributed by atoms with Crippen molar-refractivity contribution in [1.29, 1.82) is 0 Å². The second-order valence-corrected chi connectivity index (χ2v) is 7.54. The number of carboxylic acids is 1. The summed E-state index contributed by atoms with van der Waals surface area (Å²) in [6.07, 6.45) is -7.62. The third kappa shape index (κ3) is 5.68. The van der Waals surface area contributed by atoms with E-state index in [9.17, 15) is 37.8 Å². The molecule has 1 heterocycles. The van der Waals surface area contributed by atoms with Crippen LogP contribution >= 0.6 is 11.6 Å². The standard InChI is InChI=1S/C21H17ClF3N3O5/c22-14-4-2-1-3-12(14)9-15(18(30)20(32)33)26-19(31)11-5-7-13(8-6-11)28-17(29)10-16(27-28)21(23,24)25/h1-8,15,18,30H,9-10H2,(H,26,31)(H,32,33). The van der Waals surface area contributed by atoms with E-state index in [2.05, 4.69) is 10.4 Å². The summed E-state index contributed by atoms with van der Waals surface area (Å²) in [4.78, 5) is 35.8. The molecule has 2 atom stereocenters. The van der Waals surface area contributed by atoms with Gasteiger partial charge < -0.3 is 15.5 Å². The normalized spacial score (nSPS) is 15.7. The first kappa shape index (κ1) is 24.2. The molecule has 12 heteroatoms. The molecule has 1 aliphatic rings.